The molecule has 0 radical (unpaired) electrons. The molecule has 0 amide bonds. The van der Waals surface area contributed by atoms with Gasteiger partial charge in [-0.1, -0.05) is 16.8 Å². The van der Waals surface area contributed by atoms with Crippen LogP contribution < -0.4 is 11.1 Å². The van der Waals surface area contributed by atoms with E-state index in [-0.39, 0.29) is 0 Å². The molecule has 0 saturated heterocycles. The number of benzene rings is 1. The van der Waals surface area contributed by atoms with Gasteiger partial charge in [-0.25, -0.2) is 0 Å². The molecule has 1 aromatic heterocycles. The molecule has 0 aliphatic carbocycles. The second-order valence-corrected chi connectivity index (χ2v) is 4.32. The van der Waals surface area contributed by atoms with Gasteiger partial charge in [0.25, 0.3) is 0 Å². The number of anilines is 2. The summed E-state index contributed by atoms with van der Waals surface area (Å²) in [7, 11) is 0. The first kappa shape index (κ1) is 11.8. The van der Waals surface area contributed by atoms with Crippen LogP contribution in [0.2, 0.25) is 5.02 Å². The molecule has 0 saturated carbocycles. The predicted octanol–water partition coefficient (Wildman–Crippen LogP) is 3.14. The number of nitrogens with zero attached hydrogens (tertiary/aromatic N) is 1. The fourth-order valence-electron chi connectivity index (χ4n) is 1.62. The minimum absolute atomic E-state index is 0.617. The van der Waals surface area contributed by atoms with Gasteiger partial charge < -0.3 is 15.6 Å². The number of aromatic nitrogens is 1. The quantitative estimate of drug-likeness (QED) is 0.823. The lowest BCUT2D eigenvalue weighted by Gasteiger charge is -2.09. The van der Waals surface area contributed by atoms with Crippen molar-refractivity contribution in [3.8, 4) is 0 Å². The van der Waals surface area contributed by atoms with Crippen LogP contribution in [0.15, 0.2) is 22.7 Å². The Bertz CT molecular complexity index is 517. The Kier molecular flexibility index (Phi) is 3.24. The van der Waals surface area contributed by atoms with Crippen molar-refractivity contribution >= 4 is 23.0 Å². The molecular formula is C12H14ClN3O. The lowest BCUT2D eigenvalue weighted by Crippen LogP contribution is -2.03. The van der Waals surface area contributed by atoms with E-state index in [1.165, 1.54) is 0 Å². The molecular weight excluding hydrogens is 238 g/mol. The molecule has 1 aromatic carbocycles. The first-order valence-electron chi connectivity index (χ1n) is 5.28. The van der Waals surface area contributed by atoms with Crippen LogP contribution in [0.5, 0.6) is 0 Å². The van der Waals surface area contributed by atoms with Crippen LogP contribution >= 0.6 is 11.6 Å². The second kappa shape index (κ2) is 4.67. The van der Waals surface area contributed by atoms with Gasteiger partial charge in [-0.2, -0.15) is 0 Å². The Balaban J connectivity index is 2.15. The Labute approximate surface area is 105 Å². The van der Waals surface area contributed by atoms with Crippen LogP contribution in [0.25, 0.3) is 0 Å². The Morgan fingerprint density at radius 3 is 2.82 bits per heavy atom. The first-order valence-corrected chi connectivity index (χ1v) is 5.66. The van der Waals surface area contributed by atoms with Gasteiger partial charge in [-0.3, -0.25) is 0 Å². The molecule has 3 N–H and O–H groups in total. The smallest absolute Gasteiger partial charge is 0.138 e. The van der Waals surface area contributed by atoms with E-state index >= 15 is 0 Å². The van der Waals surface area contributed by atoms with E-state index < -0.39 is 0 Å². The largest absolute Gasteiger partial charge is 0.397 e. The minimum Gasteiger partial charge on any atom is -0.397 e. The summed E-state index contributed by atoms with van der Waals surface area (Å²) in [5, 5.41) is 7.78. The number of halogens is 1. The number of nitrogen functional groups attached to an aromatic ring is 1. The first-order chi connectivity index (χ1) is 8.08. The predicted molar refractivity (Wildman–Crippen MR) is 69.2 cm³/mol. The van der Waals surface area contributed by atoms with Gasteiger partial charge in [0.15, 0.2) is 0 Å². The zero-order valence-corrected chi connectivity index (χ0v) is 10.5. The van der Waals surface area contributed by atoms with Gasteiger partial charge in [0, 0.05) is 17.1 Å². The summed E-state index contributed by atoms with van der Waals surface area (Å²) in [6, 6.07) is 5.34. The molecule has 2 aromatic rings. The maximum atomic E-state index is 5.91. The van der Waals surface area contributed by atoms with Crippen LogP contribution in [0.3, 0.4) is 0 Å². The summed E-state index contributed by atoms with van der Waals surface area (Å²) in [5.41, 5.74) is 9.26. The highest BCUT2D eigenvalue weighted by Gasteiger charge is 2.09. The maximum Gasteiger partial charge on any atom is 0.138 e. The van der Waals surface area contributed by atoms with E-state index in [1.807, 2.05) is 13.8 Å². The van der Waals surface area contributed by atoms with Gasteiger partial charge in [0.05, 0.1) is 17.1 Å². The highest BCUT2D eigenvalue weighted by molar-refractivity contribution is 6.31. The molecule has 0 aliphatic rings. The zero-order valence-electron chi connectivity index (χ0n) is 9.75. The van der Waals surface area contributed by atoms with Gasteiger partial charge in [-0.05, 0) is 32.0 Å². The van der Waals surface area contributed by atoms with Crippen molar-refractivity contribution in [2.75, 3.05) is 11.1 Å². The van der Waals surface area contributed by atoms with E-state index in [2.05, 4.69) is 10.5 Å². The lowest BCUT2D eigenvalue weighted by molar-refractivity contribution is 0.392. The lowest BCUT2D eigenvalue weighted by atomic mass is 10.2. The fourth-order valence-corrected chi connectivity index (χ4v) is 1.79. The van der Waals surface area contributed by atoms with Crippen molar-refractivity contribution in [2.45, 2.75) is 20.4 Å². The Hall–Kier alpha value is -1.68. The summed E-state index contributed by atoms with van der Waals surface area (Å²) in [4.78, 5) is 0. The summed E-state index contributed by atoms with van der Waals surface area (Å²) in [6.45, 7) is 4.42. The SMILES string of the molecule is Cc1noc(C)c1CNc1cc(Cl)ccc1N. The van der Waals surface area contributed by atoms with Crippen LogP contribution in [0, 0.1) is 13.8 Å². The van der Waals surface area contributed by atoms with E-state index in [1.54, 1.807) is 18.2 Å². The monoisotopic (exact) mass is 251 g/mol. The molecule has 0 bridgehead atoms. The topological polar surface area (TPSA) is 64.1 Å². The molecule has 90 valence electrons. The van der Waals surface area contributed by atoms with Crippen LogP contribution in [-0.2, 0) is 6.54 Å². The van der Waals surface area contributed by atoms with Crippen LogP contribution in [0.1, 0.15) is 17.0 Å². The highest BCUT2D eigenvalue weighted by atomic mass is 35.5. The third-order valence-electron chi connectivity index (χ3n) is 2.65. The Morgan fingerprint density at radius 2 is 2.18 bits per heavy atom. The molecule has 0 spiro atoms. The average Bonchev–Trinajstić information content (AvgIpc) is 2.61. The van der Waals surface area contributed by atoms with Gasteiger partial charge in [-0.15, -0.1) is 0 Å². The third kappa shape index (κ3) is 2.53. The third-order valence-corrected chi connectivity index (χ3v) is 2.89. The molecule has 4 nitrogen and oxygen atoms in total. The summed E-state index contributed by atoms with van der Waals surface area (Å²) in [5.74, 6) is 0.815. The van der Waals surface area contributed by atoms with Crippen molar-refractivity contribution in [1.82, 2.24) is 5.16 Å². The average molecular weight is 252 g/mol. The fraction of sp³-hybridized carbons (Fsp3) is 0.250. The Morgan fingerprint density at radius 1 is 1.41 bits per heavy atom. The molecule has 5 heteroatoms. The van der Waals surface area contributed by atoms with E-state index in [4.69, 9.17) is 21.9 Å². The van der Waals surface area contributed by atoms with Crippen molar-refractivity contribution in [1.29, 1.82) is 0 Å². The van der Waals surface area contributed by atoms with E-state index in [0.717, 1.165) is 22.7 Å². The molecule has 0 aliphatic heterocycles. The van der Waals surface area contributed by atoms with Crippen molar-refractivity contribution in [3.63, 3.8) is 0 Å². The van der Waals surface area contributed by atoms with Crippen molar-refractivity contribution in [3.05, 3.63) is 40.2 Å². The maximum absolute atomic E-state index is 5.91. The standard InChI is InChI=1S/C12H14ClN3O/c1-7-10(8(2)17-16-7)6-15-12-5-9(13)3-4-11(12)14/h3-5,15H,6,14H2,1-2H3. The minimum atomic E-state index is 0.617. The molecule has 0 atom stereocenters. The number of aryl methyl sites for hydroxylation is 2. The van der Waals surface area contributed by atoms with E-state index in [0.29, 0.717) is 17.3 Å². The number of nitrogens with one attached hydrogen (secondary N) is 1. The number of hydrogen-bond donors (Lipinski definition) is 2. The number of nitrogens with two attached hydrogens (primary N) is 1. The van der Waals surface area contributed by atoms with E-state index in [9.17, 15) is 0 Å². The highest BCUT2D eigenvalue weighted by Crippen LogP contribution is 2.24. The van der Waals surface area contributed by atoms with Crippen molar-refractivity contribution in [2.24, 2.45) is 0 Å². The van der Waals surface area contributed by atoms with Crippen LogP contribution in [-0.4, -0.2) is 5.16 Å². The second-order valence-electron chi connectivity index (χ2n) is 3.89. The zero-order chi connectivity index (χ0) is 12.4. The summed E-state index contributed by atoms with van der Waals surface area (Å²) >= 11 is 5.91. The molecule has 2 rings (SSSR count). The summed E-state index contributed by atoms with van der Waals surface area (Å²) in [6.07, 6.45) is 0. The van der Waals surface area contributed by atoms with Gasteiger partial charge in [0.1, 0.15) is 5.76 Å². The van der Waals surface area contributed by atoms with Gasteiger partial charge in [0.2, 0.25) is 0 Å². The molecule has 0 fully saturated rings. The molecule has 1 heterocycles. The van der Waals surface area contributed by atoms with Crippen LogP contribution in [0.4, 0.5) is 11.4 Å². The summed E-state index contributed by atoms with van der Waals surface area (Å²) < 4.78 is 5.09. The molecule has 17 heavy (non-hydrogen) atoms. The number of hydrogen-bond acceptors (Lipinski definition) is 4. The van der Waals surface area contributed by atoms with Gasteiger partial charge >= 0.3 is 0 Å². The number of rotatable bonds is 3. The van der Waals surface area contributed by atoms with Crippen molar-refractivity contribution < 1.29 is 4.52 Å². The normalized spacial score (nSPS) is 10.5. The molecule has 0 unspecified atom stereocenters.